The third kappa shape index (κ3) is 13.8. The molecular formula is C33H50FN3O4. The normalized spacial score (nSPS) is 16.8. The van der Waals surface area contributed by atoms with Gasteiger partial charge in [-0.2, -0.15) is 0 Å². The number of rotatable bonds is 16. The van der Waals surface area contributed by atoms with Gasteiger partial charge in [0.25, 0.3) is 0 Å². The molecule has 1 aliphatic carbocycles. The number of hydrogen-bond acceptors (Lipinski definition) is 6. The molecular weight excluding hydrogens is 521 g/mol. The van der Waals surface area contributed by atoms with Crippen LogP contribution >= 0.6 is 0 Å². The second kappa shape index (κ2) is 20.6. The summed E-state index contributed by atoms with van der Waals surface area (Å²) in [5.41, 5.74) is 0.352. The number of aldehydes is 1. The van der Waals surface area contributed by atoms with Crippen molar-refractivity contribution < 1.29 is 23.5 Å². The molecule has 1 heterocycles. The fourth-order valence-corrected chi connectivity index (χ4v) is 5.12. The van der Waals surface area contributed by atoms with E-state index in [4.69, 9.17) is 9.53 Å². The molecule has 0 bridgehead atoms. The maximum absolute atomic E-state index is 14.0. The third-order valence-corrected chi connectivity index (χ3v) is 7.04. The zero-order valence-electron chi connectivity index (χ0n) is 25.7. The lowest BCUT2D eigenvalue weighted by molar-refractivity contribution is -0.122. The summed E-state index contributed by atoms with van der Waals surface area (Å²) in [5, 5.41) is 3.15. The summed E-state index contributed by atoms with van der Waals surface area (Å²) < 4.78 is 19.5. The number of nitrogens with one attached hydrogen (secondary N) is 1. The minimum atomic E-state index is -0.488. The zero-order valence-corrected chi connectivity index (χ0v) is 25.7. The fraction of sp³-hybridized carbons (Fsp3) is 0.576. The summed E-state index contributed by atoms with van der Waals surface area (Å²) in [5.74, 6) is 0.890. The Labute approximate surface area is 246 Å². The van der Waals surface area contributed by atoms with E-state index in [0.29, 0.717) is 36.1 Å². The van der Waals surface area contributed by atoms with Crippen molar-refractivity contribution in [3.63, 3.8) is 0 Å². The molecule has 1 amide bonds. The molecule has 0 unspecified atom stereocenters. The first-order valence-electron chi connectivity index (χ1n) is 14.9. The van der Waals surface area contributed by atoms with Crippen molar-refractivity contribution in [2.24, 2.45) is 5.92 Å². The van der Waals surface area contributed by atoms with Gasteiger partial charge in [-0.25, -0.2) is 9.37 Å². The molecule has 228 valence electrons. The van der Waals surface area contributed by atoms with Crippen LogP contribution in [0.1, 0.15) is 103 Å². The van der Waals surface area contributed by atoms with Gasteiger partial charge in [0.1, 0.15) is 23.7 Å². The molecule has 1 N–H and O–H groups in total. The van der Waals surface area contributed by atoms with Crippen molar-refractivity contribution >= 4 is 23.8 Å². The average molecular weight is 572 g/mol. The Morgan fingerprint density at radius 3 is 2.37 bits per heavy atom. The van der Waals surface area contributed by atoms with E-state index in [9.17, 15) is 14.0 Å². The van der Waals surface area contributed by atoms with E-state index in [0.717, 1.165) is 64.2 Å². The van der Waals surface area contributed by atoms with Crippen LogP contribution in [0.15, 0.2) is 48.9 Å². The molecule has 7 nitrogen and oxygen atoms in total. The van der Waals surface area contributed by atoms with Gasteiger partial charge >= 0.3 is 0 Å². The molecule has 8 heteroatoms. The second-order valence-corrected chi connectivity index (χ2v) is 10.4. The van der Waals surface area contributed by atoms with E-state index >= 15 is 0 Å². The lowest BCUT2D eigenvalue weighted by atomic mass is 9.85. The van der Waals surface area contributed by atoms with Crippen LogP contribution in [0.5, 0.6) is 0 Å². The molecule has 41 heavy (non-hydrogen) atoms. The molecule has 1 fully saturated rings. The lowest BCUT2D eigenvalue weighted by Crippen LogP contribution is -2.43. The number of carbonyl (C=O) groups is 3. The third-order valence-electron chi connectivity index (χ3n) is 7.04. The Hall–Kier alpha value is -3.29. The molecule has 1 saturated carbocycles. The van der Waals surface area contributed by atoms with E-state index in [1.807, 2.05) is 25.2 Å². The van der Waals surface area contributed by atoms with Gasteiger partial charge in [0.05, 0.1) is 24.8 Å². The van der Waals surface area contributed by atoms with Gasteiger partial charge in [-0.15, -0.1) is 0 Å². The topological polar surface area (TPSA) is 88.6 Å². The van der Waals surface area contributed by atoms with E-state index < -0.39 is 5.82 Å². The van der Waals surface area contributed by atoms with Crippen LogP contribution in [-0.2, 0) is 14.3 Å². The number of pyridine rings is 1. The first-order chi connectivity index (χ1) is 19.7. The van der Waals surface area contributed by atoms with Gasteiger partial charge in [0, 0.05) is 18.6 Å². The quantitative estimate of drug-likeness (QED) is 0.0983. The summed E-state index contributed by atoms with van der Waals surface area (Å²) in [7, 11) is 0. The molecule has 0 aromatic carbocycles. The van der Waals surface area contributed by atoms with Gasteiger partial charge in [-0.3, -0.25) is 9.59 Å². The van der Waals surface area contributed by atoms with Crippen LogP contribution in [0.25, 0.3) is 0 Å². The number of anilines is 1. The van der Waals surface area contributed by atoms with Gasteiger partial charge in [-0.1, -0.05) is 51.5 Å². The Bertz CT molecular complexity index is 1010. The Morgan fingerprint density at radius 2 is 1.80 bits per heavy atom. The van der Waals surface area contributed by atoms with Crippen molar-refractivity contribution in [1.29, 1.82) is 0 Å². The number of amides is 1. The first kappa shape index (κ1) is 35.7. The van der Waals surface area contributed by atoms with Gasteiger partial charge in [-0.05, 0) is 77.4 Å². The number of Topliss-reactive ketones (excluding diaryl/α,β-unsaturated/α-hetero) is 1. The number of aromatic nitrogens is 1. The number of ether oxygens (including phenoxy) is 1. The molecule has 0 atom stereocenters. The van der Waals surface area contributed by atoms with Crippen molar-refractivity contribution in [1.82, 2.24) is 10.3 Å². The highest BCUT2D eigenvalue weighted by atomic mass is 19.1. The number of allylic oxidation sites excluding steroid dienone is 4. The molecule has 0 radical (unpaired) electrons. The van der Waals surface area contributed by atoms with Crippen LogP contribution in [0, 0.1) is 11.7 Å². The number of nitrogens with zero attached hydrogens (tertiary/aromatic N) is 2. The fourth-order valence-electron chi connectivity index (χ4n) is 5.12. The van der Waals surface area contributed by atoms with Crippen LogP contribution in [0.2, 0.25) is 0 Å². The van der Waals surface area contributed by atoms with E-state index in [1.54, 1.807) is 6.08 Å². The predicted octanol–water partition coefficient (Wildman–Crippen LogP) is 7.13. The van der Waals surface area contributed by atoms with Gasteiger partial charge in [0.15, 0.2) is 5.78 Å². The highest BCUT2D eigenvalue weighted by Gasteiger charge is 2.29. The standard InChI is InChI=1S/C31H46FN3O3.C2H4O/c1-6-9-10-13-23(4)38-19-18-30(37)34-27-16-14-25(15-17-27)22-35(28(11-7-2)12-8-3)31-29(24(5)36)20-26(32)21-33-31;1-2-3/h6,9-10,13,20-21,25,27-28H,4,7-8,11-12,14-19,22H2,1-3,5H3,(H,34,37);2H,1H3/b9-6-,13-10-;. The minimum absolute atomic E-state index is 0.00659. The maximum Gasteiger partial charge on any atom is 0.223 e. The Morgan fingerprint density at radius 1 is 1.17 bits per heavy atom. The number of hydrogen-bond donors (Lipinski definition) is 1. The summed E-state index contributed by atoms with van der Waals surface area (Å²) in [4.78, 5) is 40.3. The molecule has 0 aliphatic heterocycles. The van der Waals surface area contributed by atoms with E-state index in [1.165, 1.54) is 26.1 Å². The SMILES string of the molecule is C=C(/C=C\C=C/C)OCCC(=O)NC1CCC(CN(c2ncc(F)cc2C(C)=O)C(CCC)CCC)CC1.CC=O. The molecule has 2 rings (SSSR count). The number of ketones is 1. The average Bonchev–Trinajstić information content (AvgIpc) is 2.93. The van der Waals surface area contributed by atoms with E-state index in [2.05, 4.69) is 35.6 Å². The molecule has 0 saturated heterocycles. The molecule has 0 spiro atoms. The summed E-state index contributed by atoms with van der Waals surface area (Å²) >= 11 is 0. The largest absolute Gasteiger partial charge is 0.494 e. The number of halogens is 1. The van der Waals surface area contributed by atoms with Crippen LogP contribution in [0.3, 0.4) is 0 Å². The summed E-state index contributed by atoms with van der Waals surface area (Å²) in [6.45, 7) is 14.1. The lowest BCUT2D eigenvalue weighted by Gasteiger charge is -2.38. The van der Waals surface area contributed by atoms with E-state index in [-0.39, 0.29) is 23.8 Å². The Kier molecular flexibility index (Phi) is 17.9. The van der Waals surface area contributed by atoms with Crippen molar-refractivity contribution in [3.05, 3.63) is 60.3 Å². The number of carbonyl (C=O) groups excluding carboxylic acids is 3. The molecule has 1 aromatic rings. The van der Waals surface area contributed by atoms with Crippen LogP contribution in [0.4, 0.5) is 10.2 Å². The summed E-state index contributed by atoms with van der Waals surface area (Å²) in [6, 6.07) is 1.72. The first-order valence-corrected chi connectivity index (χ1v) is 14.9. The highest BCUT2D eigenvalue weighted by Crippen LogP contribution is 2.31. The molecule has 1 aliphatic rings. The second-order valence-electron chi connectivity index (χ2n) is 10.4. The zero-order chi connectivity index (χ0) is 30.6. The smallest absolute Gasteiger partial charge is 0.223 e. The van der Waals surface area contributed by atoms with Crippen molar-refractivity contribution in [3.8, 4) is 0 Å². The van der Waals surface area contributed by atoms with Gasteiger partial charge in [0.2, 0.25) is 5.91 Å². The van der Waals surface area contributed by atoms with Crippen molar-refractivity contribution in [2.45, 2.75) is 104 Å². The molecule has 1 aromatic heterocycles. The maximum atomic E-state index is 14.0. The monoisotopic (exact) mass is 571 g/mol. The highest BCUT2D eigenvalue weighted by molar-refractivity contribution is 5.98. The van der Waals surface area contributed by atoms with Crippen molar-refractivity contribution in [2.75, 3.05) is 18.1 Å². The Balaban J connectivity index is 0.00000268. The minimum Gasteiger partial charge on any atom is -0.494 e. The van der Waals surface area contributed by atoms with Crippen LogP contribution < -0.4 is 10.2 Å². The predicted molar refractivity (Wildman–Crippen MR) is 164 cm³/mol. The van der Waals surface area contributed by atoms with Gasteiger partial charge < -0.3 is 19.7 Å². The summed E-state index contributed by atoms with van der Waals surface area (Å²) in [6.07, 6.45) is 17.5. The van der Waals surface area contributed by atoms with Crippen LogP contribution in [-0.4, -0.2) is 48.2 Å².